The lowest BCUT2D eigenvalue weighted by Gasteiger charge is -2.10. The van der Waals surface area contributed by atoms with Gasteiger partial charge in [-0.15, -0.1) is 11.6 Å². The quantitative estimate of drug-likeness (QED) is 0.573. The van der Waals surface area contributed by atoms with Crippen LogP contribution in [0.4, 0.5) is 0 Å². The average molecular weight is 251 g/mol. The van der Waals surface area contributed by atoms with Crippen molar-refractivity contribution in [2.24, 2.45) is 0 Å². The lowest BCUT2D eigenvalue weighted by atomic mass is 10.0. The van der Waals surface area contributed by atoms with E-state index in [9.17, 15) is 0 Å². The van der Waals surface area contributed by atoms with Crippen molar-refractivity contribution in [3.8, 4) is 5.75 Å². The molecule has 1 nitrogen and oxygen atoms in total. The third-order valence-corrected chi connectivity index (χ3v) is 3.60. The molecule has 0 saturated heterocycles. The van der Waals surface area contributed by atoms with Crippen LogP contribution < -0.4 is 4.74 Å². The molecule has 0 fully saturated rings. The van der Waals surface area contributed by atoms with Crippen molar-refractivity contribution in [2.45, 2.75) is 37.5 Å². The van der Waals surface area contributed by atoms with Gasteiger partial charge in [-0.1, -0.05) is 36.3 Å². The van der Waals surface area contributed by atoms with Gasteiger partial charge in [-0.25, -0.2) is 0 Å². The average Bonchev–Trinajstić information content (AvgIpc) is 2.54. The van der Waals surface area contributed by atoms with Gasteiger partial charge in [0.2, 0.25) is 0 Å². The van der Waals surface area contributed by atoms with Crippen molar-refractivity contribution in [3.05, 3.63) is 41.5 Å². The standard InChI is InChI=1S/C15H19ClO/c1-17-15-9-5-3-7-13(15)10-12-6-2-4-8-14(16)11-12/h3,5,7,9,11,14H,2,4,6,8,10H2,1H3. The normalized spacial score (nSPS) is 20.6. The van der Waals surface area contributed by atoms with Crippen molar-refractivity contribution in [1.82, 2.24) is 0 Å². The first-order chi connectivity index (χ1) is 8.29. The Labute approximate surface area is 108 Å². The number of hydrogen-bond donors (Lipinski definition) is 0. The molecule has 0 saturated carbocycles. The van der Waals surface area contributed by atoms with Gasteiger partial charge in [-0.2, -0.15) is 0 Å². The van der Waals surface area contributed by atoms with Gasteiger partial charge in [0.25, 0.3) is 0 Å². The third kappa shape index (κ3) is 3.50. The zero-order chi connectivity index (χ0) is 12.1. The molecule has 1 aliphatic carbocycles. The Kier molecular flexibility index (Phi) is 4.49. The van der Waals surface area contributed by atoms with Gasteiger partial charge in [-0.3, -0.25) is 0 Å². The number of methoxy groups -OCH3 is 1. The zero-order valence-electron chi connectivity index (χ0n) is 10.3. The van der Waals surface area contributed by atoms with Crippen molar-refractivity contribution < 1.29 is 4.74 Å². The largest absolute Gasteiger partial charge is 0.496 e. The second-order valence-electron chi connectivity index (χ2n) is 4.58. The van der Waals surface area contributed by atoms with Crippen LogP contribution in [0.25, 0.3) is 0 Å². The Hall–Kier alpha value is -0.950. The minimum absolute atomic E-state index is 0.210. The zero-order valence-corrected chi connectivity index (χ0v) is 11.0. The van der Waals surface area contributed by atoms with Crippen molar-refractivity contribution >= 4 is 11.6 Å². The molecule has 0 bridgehead atoms. The SMILES string of the molecule is COc1ccccc1CC1=CC(Cl)CCCC1. The number of hydrogen-bond acceptors (Lipinski definition) is 1. The minimum Gasteiger partial charge on any atom is -0.496 e. The van der Waals surface area contributed by atoms with E-state index in [4.69, 9.17) is 16.3 Å². The Morgan fingerprint density at radius 2 is 2.12 bits per heavy atom. The predicted molar refractivity (Wildman–Crippen MR) is 72.9 cm³/mol. The molecule has 0 heterocycles. The van der Waals surface area contributed by atoms with E-state index in [-0.39, 0.29) is 5.38 Å². The van der Waals surface area contributed by atoms with Gasteiger partial charge in [-0.05, 0) is 37.3 Å². The second kappa shape index (κ2) is 6.11. The first-order valence-electron chi connectivity index (χ1n) is 6.25. The molecule has 0 radical (unpaired) electrons. The Morgan fingerprint density at radius 1 is 1.29 bits per heavy atom. The van der Waals surface area contributed by atoms with Crippen LogP contribution in [0.2, 0.25) is 0 Å². The first kappa shape index (κ1) is 12.5. The number of allylic oxidation sites excluding steroid dienone is 2. The fraction of sp³-hybridized carbons (Fsp3) is 0.467. The summed E-state index contributed by atoms with van der Waals surface area (Å²) in [5.41, 5.74) is 2.71. The molecule has 2 heteroatoms. The molecular formula is C15H19ClO. The summed E-state index contributed by atoms with van der Waals surface area (Å²) >= 11 is 6.25. The topological polar surface area (TPSA) is 9.23 Å². The molecule has 0 aromatic heterocycles. The number of alkyl halides is 1. The van der Waals surface area contributed by atoms with Crippen molar-refractivity contribution in [3.63, 3.8) is 0 Å². The molecule has 1 aromatic carbocycles. The van der Waals surface area contributed by atoms with Crippen LogP contribution in [0, 0.1) is 0 Å². The van der Waals surface area contributed by atoms with Crippen LogP contribution in [0.5, 0.6) is 5.75 Å². The monoisotopic (exact) mass is 250 g/mol. The highest BCUT2D eigenvalue weighted by Gasteiger charge is 2.11. The van der Waals surface area contributed by atoms with Crippen LogP contribution in [0.1, 0.15) is 31.2 Å². The fourth-order valence-corrected chi connectivity index (χ4v) is 2.69. The predicted octanol–water partition coefficient (Wildman–Crippen LogP) is 4.35. The molecule has 1 aromatic rings. The number of para-hydroxylation sites is 1. The van der Waals surface area contributed by atoms with Gasteiger partial charge in [0.15, 0.2) is 0 Å². The first-order valence-corrected chi connectivity index (χ1v) is 6.69. The van der Waals surface area contributed by atoms with Crippen LogP contribution in [0.15, 0.2) is 35.9 Å². The molecule has 0 aliphatic heterocycles. The summed E-state index contributed by atoms with van der Waals surface area (Å²) in [7, 11) is 1.73. The van der Waals surface area contributed by atoms with E-state index in [2.05, 4.69) is 18.2 Å². The van der Waals surface area contributed by atoms with E-state index in [1.807, 2.05) is 12.1 Å². The second-order valence-corrected chi connectivity index (χ2v) is 5.14. The van der Waals surface area contributed by atoms with Gasteiger partial charge >= 0.3 is 0 Å². The minimum atomic E-state index is 0.210. The van der Waals surface area contributed by atoms with E-state index in [1.165, 1.54) is 30.4 Å². The highest BCUT2D eigenvalue weighted by atomic mass is 35.5. The summed E-state index contributed by atoms with van der Waals surface area (Å²) in [6.07, 6.45) is 7.97. The molecule has 2 rings (SSSR count). The van der Waals surface area contributed by atoms with E-state index >= 15 is 0 Å². The highest BCUT2D eigenvalue weighted by molar-refractivity contribution is 6.21. The Bertz CT molecular complexity index is 398. The number of ether oxygens (including phenoxy) is 1. The summed E-state index contributed by atoms with van der Waals surface area (Å²) in [6.45, 7) is 0. The van der Waals surface area contributed by atoms with Crippen molar-refractivity contribution in [1.29, 1.82) is 0 Å². The van der Waals surface area contributed by atoms with E-state index in [1.54, 1.807) is 7.11 Å². The summed E-state index contributed by atoms with van der Waals surface area (Å²) in [4.78, 5) is 0. The summed E-state index contributed by atoms with van der Waals surface area (Å²) in [6, 6.07) is 8.22. The van der Waals surface area contributed by atoms with E-state index in [0.29, 0.717) is 0 Å². The molecular weight excluding hydrogens is 232 g/mol. The lowest BCUT2D eigenvalue weighted by Crippen LogP contribution is -1.97. The summed E-state index contributed by atoms with van der Waals surface area (Å²) < 4.78 is 5.38. The van der Waals surface area contributed by atoms with Crippen LogP contribution in [0.3, 0.4) is 0 Å². The maximum absolute atomic E-state index is 6.25. The molecule has 0 spiro atoms. The molecule has 0 amide bonds. The Balaban J connectivity index is 2.13. The summed E-state index contributed by atoms with van der Waals surface area (Å²) in [5, 5.41) is 0.210. The van der Waals surface area contributed by atoms with Gasteiger partial charge in [0.1, 0.15) is 5.75 Å². The summed E-state index contributed by atoms with van der Waals surface area (Å²) in [5.74, 6) is 0.976. The van der Waals surface area contributed by atoms with Crippen LogP contribution >= 0.6 is 11.6 Å². The van der Waals surface area contributed by atoms with E-state index in [0.717, 1.165) is 18.6 Å². The number of rotatable bonds is 3. The third-order valence-electron chi connectivity index (χ3n) is 3.25. The molecule has 1 unspecified atom stereocenters. The molecule has 1 atom stereocenters. The lowest BCUT2D eigenvalue weighted by molar-refractivity contribution is 0.410. The maximum atomic E-state index is 6.25. The number of benzene rings is 1. The molecule has 92 valence electrons. The molecule has 1 aliphatic rings. The Morgan fingerprint density at radius 3 is 2.94 bits per heavy atom. The smallest absolute Gasteiger partial charge is 0.122 e. The fourth-order valence-electron chi connectivity index (χ4n) is 2.35. The number of halogens is 1. The highest BCUT2D eigenvalue weighted by Crippen LogP contribution is 2.27. The van der Waals surface area contributed by atoms with Gasteiger partial charge in [0, 0.05) is 0 Å². The van der Waals surface area contributed by atoms with Crippen molar-refractivity contribution in [2.75, 3.05) is 7.11 Å². The maximum Gasteiger partial charge on any atom is 0.122 e. The molecule has 0 N–H and O–H groups in total. The molecule has 17 heavy (non-hydrogen) atoms. The van der Waals surface area contributed by atoms with Crippen LogP contribution in [-0.4, -0.2) is 12.5 Å². The van der Waals surface area contributed by atoms with Gasteiger partial charge < -0.3 is 4.74 Å². The van der Waals surface area contributed by atoms with E-state index < -0.39 is 0 Å². The van der Waals surface area contributed by atoms with Gasteiger partial charge in [0.05, 0.1) is 12.5 Å². The van der Waals surface area contributed by atoms with Crippen LogP contribution in [-0.2, 0) is 6.42 Å².